The van der Waals surface area contributed by atoms with Crippen molar-refractivity contribution in [1.82, 2.24) is 0 Å². The molecule has 0 unspecified atom stereocenters. The second-order valence-corrected chi connectivity index (χ2v) is 2.84. The monoisotopic (exact) mass is 191 g/mol. The molecule has 0 radical (unpaired) electrons. The third-order valence-corrected chi connectivity index (χ3v) is 1.98. The maximum absolute atomic E-state index is 10.2. The van der Waals surface area contributed by atoms with Crippen LogP contribution in [0, 0.1) is 0 Å². The van der Waals surface area contributed by atoms with E-state index in [4.69, 9.17) is 9.47 Å². The van der Waals surface area contributed by atoms with Crippen LogP contribution in [0.3, 0.4) is 0 Å². The SMILES string of the molecule is O=C=Nc1ccccc1C1OCCO1. The number of rotatable bonds is 2. The minimum atomic E-state index is -0.400. The van der Waals surface area contributed by atoms with Gasteiger partial charge in [0.05, 0.1) is 18.9 Å². The molecule has 2 rings (SSSR count). The normalized spacial score (nSPS) is 16.6. The summed E-state index contributed by atoms with van der Waals surface area (Å²) in [6.07, 6.45) is 1.11. The molecular weight excluding hydrogens is 182 g/mol. The molecule has 0 aromatic heterocycles. The van der Waals surface area contributed by atoms with Crippen molar-refractivity contribution in [1.29, 1.82) is 0 Å². The topological polar surface area (TPSA) is 47.9 Å². The van der Waals surface area contributed by atoms with Crippen molar-refractivity contribution in [3.63, 3.8) is 0 Å². The first-order chi connectivity index (χ1) is 6.92. The molecule has 1 aromatic rings. The van der Waals surface area contributed by atoms with Crippen molar-refractivity contribution in [2.75, 3.05) is 13.2 Å². The van der Waals surface area contributed by atoms with Crippen LogP contribution in [-0.4, -0.2) is 19.3 Å². The van der Waals surface area contributed by atoms with Crippen LogP contribution >= 0.6 is 0 Å². The number of para-hydroxylation sites is 1. The zero-order valence-corrected chi connectivity index (χ0v) is 7.47. The number of ether oxygens (including phenoxy) is 2. The summed E-state index contributed by atoms with van der Waals surface area (Å²) in [4.78, 5) is 13.8. The Hall–Kier alpha value is -1.48. The van der Waals surface area contributed by atoms with Crippen LogP contribution in [0.25, 0.3) is 0 Å². The second kappa shape index (κ2) is 4.15. The Bertz CT molecular complexity index is 365. The van der Waals surface area contributed by atoms with E-state index in [1.807, 2.05) is 12.1 Å². The van der Waals surface area contributed by atoms with E-state index in [0.717, 1.165) is 5.56 Å². The number of isocyanates is 1. The van der Waals surface area contributed by atoms with E-state index < -0.39 is 6.29 Å². The highest BCUT2D eigenvalue weighted by molar-refractivity contribution is 5.54. The van der Waals surface area contributed by atoms with E-state index in [1.165, 1.54) is 6.08 Å². The van der Waals surface area contributed by atoms with Gasteiger partial charge in [0.25, 0.3) is 0 Å². The predicted molar refractivity (Wildman–Crippen MR) is 48.9 cm³/mol. The van der Waals surface area contributed by atoms with Crippen LogP contribution in [0.4, 0.5) is 5.69 Å². The number of carbonyl (C=O) groups excluding carboxylic acids is 1. The van der Waals surface area contributed by atoms with Crippen LogP contribution < -0.4 is 0 Å². The molecule has 1 heterocycles. The molecule has 1 aliphatic rings. The fourth-order valence-corrected chi connectivity index (χ4v) is 1.38. The van der Waals surface area contributed by atoms with Gasteiger partial charge >= 0.3 is 0 Å². The molecule has 4 nitrogen and oxygen atoms in total. The fraction of sp³-hybridized carbons (Fsp3) is 0.300. The van der Waals surface area contributed by atoms with Crippen molar-refractivity contribution >= 4 is 11.8 Å². The van der Waals surface area contributed by atoms with Gasteiger partial charge in [-0.2, -0.15) is 4.99 Å². The standard InChI is InChI=1S/C10H9NO3/c12-7-11-9-4-2-1-3-8(9)10-13-5-6-14-10/h1-4,10H,5-6H2. The van der Waals surface area contributed by atoms with Crippen LogP contribution in [-0.2, 0) is 14.3 Å². The molecule has 0 N–H and O–H groups in total. The van der Waals surface area contributed by atoms with Gasteiger partial charge in [-0.15, -0.1) is 0 Å². The Morgan fingerprint density at radius 2 is 2.00 bits per heavy atom. The van der Waals surface area contributed by atoms with Crippen molar-refractivity contribution in [2.45, 2.75) is 6.29 Å². The quantitative estimate of drug-likeness (QED) is 0.528. The summed E-state index contributed by atoms with van der Waals surface area (Å²) in [5, 5.41) is 0. The molecule has 0 saturated carbocycles. The molecule has 1 aliphatic heterocycles. The lowest BCUT2D eigenvalue weighted by atomic mass is 10.2. The minimum Gasteiger partial charge on any atom is -0.346 e. The lowest BCUT2D eigenvalue weighted by molar-refractivity contribution is -0.0436. The molecule has 1 saturated heterocycles. The Morgan fingerprint density at radius 3 is 2.71 bits per heavy atom. The van der Waals surface area contributed by atoms with Crippen molar-refractivity contribution < 1.29 is 14.3 Å². The molecule has 1 aromatic carbocycles. The van der Waals surface area contributed by atoms with Gasteiger partial charge in [-0.3, -0.25) is 0 Å². The van der Waals surface area contributed by atoms with Crippen LogP contribution in [0.2, 0.25) is 0 Å². The fourth-order valence-electron chi connectivity index (χ4n) is 1.38. The van der Waals surface area contributed by atoms with Crippen LogP contribution in [0.5, 0.6) is 0 Å². The Morgan fingerprint density at radius 1 is 1.29 bits per heavy atom. The highest BCUT2D eigenvalue weighted by atomic mass is 16.7. The first-order valence-corrected chi connectivity index (χ1v) is 4.32. The van der Waals surface area contributed by atoms with E-state index in [9.17, 15) is 4.79 Å². The Labute approximate surface area is 81.2 Å². The van der Waals surface area contributed by atoms with Gasteiger partial charge in [-0.25, -0.2) is 4.79 Å². The summed E-state index contributed by atoms with van der Waals surface area (Å²) < 4.78 is 10.6. The zero-order chi connectivity index (χ0) is 9.80. The summed E-state index contributed by atoms with van der Waals surface area (Å²) in [6.45, 7) is 1.15. The van der Waals surface area contributed by atoms with Gasteiger partial charge in [-0.1, -0.05) is 18.2 Å². The average molecular weight is 191 g/mol. The summed E-state index contributed by atoms with van der Waals surface area (Å²) in [5.41, 5.74) is 1.32. The number of aliphatic imine (C=N–C) groups is 1. The summed E-state index contributed by atoms with van der Waals surface area (Å²) in [7, 11) is 0. The second-order valence-electron chi connectivity index (χ2n) is 2.84. The van der Waals surface area contributed by atoms with Gasteiger partial charge in [0.2, 0.25) is 6.08 Å². The van der Waals surface area contributed by atoms with E-state index in [0.29, 0.717) is 18.9 Å². The van der Waals surface area contributed by atoms with Crippen molar-refractivity contribution in [2.24, 2.45) is 4.99 Å². The molecule has 0 atom stereocenters. The third kappa shape index (κ3) is 1.72. The number of hydrogen-bond acceptors (Lipinski definition) is 4. The molecule has 72 valence electrons. The van der Waals surface area contributed by atoms with E-state index in [-0.39, 0.29) is 0 Å². The van der Waals surface area contributed by atoms with Crippen molar-refractivity contribution in [3.05, 3.63) is 29.8 Å². The van der Waals surface area contributed by atoms with Crippen LogP contribution in [0.15, 0.2) is 29.3 Å². The van der Waals surface area contributed by atoms with Gasteiger partial charge in [0.15, 0.2) is 6.29 Å². The summed E-state index contributed by atoms with van der Waals surface area (Å²) >= 11 is 0. The van der Waals surface area contributed by atoms with Gasteiger partial charge in [0, 0.05) is 5.56 Å². The lowest BCUT2D eigenvalue weighted by Crippen LogP contribution is -1.97. The zero-order valence-electron chi connectivity index (χ0n) is 7.47. The molecule has 0 aliphatic carbocycles. The van der Waals surface area contributed by atoms with Gasteiger partial charge in [-0.05, 0) is 6.07 Å². The van der Waals surface area contributed by atoms with Crippen molar-refractivity contribution in [3.8, 4) is 0 Å². The summed E-state index contributed by atoms with van der Waals surface area (Å²) in [5.74, 6) is 0. The maximum Gasteiger partial charge on any atom is 0.240 e. The van der Waals surface area contributed by atoms with Gasteiger partial charge in [0.1, 0.15) is 0 Å². The Balaban J connectivity index is 2.34. The molecule has 0 bridgehead atoms. The highest BCUT2D eigenvalue weighted by Crippen LogP contribution is 2.30. The largest absolute Gasteiger partial charge is 0.346 e. The number of hydrogen-bond donors (Lipinski definition) is 0. The predicted octanol–water partition coefficient (Wildman–Crippen LogP) is 1.70. The maximum atomic E-state index is 10.2. The lowest BCUT2D eigenvalue weighted by Gasteiger charge is -2.10. The molecular formula is C10H9NO3. The molecule has 4 heteroatoms. The first kappa shape index (κ1) is 9.09. The molecule has 0 spiro atoms. The smallest absolute Gasteiger partial charge is 0.240 e. The molecule has 1 fully saturated rings. The average Bonchev–Trinajstić information content (AvgIpc) is 2.72. The van der Waals surface area contributed by atoms with Crippen LogP contribution in [0.1, 0.15) is 11.9 Å². The van der Waals surface area contributed by atoms with E-state index in [2.05, 4.69) is 4.99 Å². The minimum absolute atomic E-state index is 0.400. The van der Waals surface area contributed by atoms with Gasteiger partial charge < -0.3 is 9.47 Å². The number of nitrogens with zero attached hydrogens (tertiary/aromatic N) is 1. The van der Waals surface area contributed by atoms with E-state index >= 15 is 0 Å². The summed E-state index contributed by atoms with van der Waals surface area (Å²) in [6, 6.07) is 7.20. The molecule has 0 amide bonds. The molecule has 14 heavy (non-hydrogen) atoms. The first-order valence-electron chi connectivity index (χ1n) is 4.32. The Kier molecular flexibility index (Phi) is 2.70. The van der Waals surface area contributed by atoms with E-state index in [1.54, 1.807) is 12.1 Å². The third-order valence-electron chi connectivity index (χ3n) is 1.98. The number of benzene rings is 1. The highest BCUT2D eigenvalue weighted by Gasteiger charge is 2.20.